The molecule has 0 spiro atoms. The first-order chi connectivity index (χ1) is 12.6. The predicted octanol–water partition coefficient (Wildman–Crippen LogP) is 1.93. The Hall–Kier alpha value is -2.54. The molecule has 0 bridgehead atoms. The number of carbonyl (C=O) groups is 2. The average Bonchev–Trinajstić information content (AvgIpc) is 3.08. The number of aromatic nitrogens is 1. The minimum absolute atomic E-state index is 0.0313. The summed E-state index contributed by atoms with van der Waals surface area (Å²) >= 11 is 0. The van der Waals surface area contributed by atoms with Crippen molar-refractivity contribution in [3.8, 4) is 5.75 Å². The molecular weight excluding hydrogens is 334 g/mol. The van der Waals surface area contributed by atoms with Crippen LogP contribution >= 0.6 is 0 Å². The van der Waals surface area contributed by atoms with Crippen molar-refractivity contribution in [1.29, 1.82) is 0 Å². The van der Waals surface area contributed by atoms with E-state index in [0.717, 1.165) is 29.5 Å². The molecule has 1 aromatic heterocycles. The van der Waals surface area contributed by atoms with Gasteiger partial charge in [0.25, 0.3) is 5.91 Å². The largest absolute Gasteiger partial charge is 0.497 e. The van der Waals surface area contributed by atoms with Crippen LogP contribution in [0.1, 0.15) is 30.3 Å². The third kappa shape index (κ3) is 4.16. The van der Waals surface area contributed by atoms with Gasteiger partial charge in [0.15, 0.2) is 0 Å². The third-order valence-corrected chi connectivity index (χ3v) is 4.75. The quantitative estimate of drug-likeness (QED) is 0.826. The third-order valence-electron chi connectivity index (χ3n) is 4.75. The van der Waals surface area contributed by atoms with Gasteiger partial charge < -0.3 is 24.7 Å². The molecule has 0 aliphatic carbocycles. The molecule has 2 heterocycles. The minimum Gasteiger partial charge on any atom is -0.497 e. The Bertz CT molecular complexity index is 780. The molecule has 0 saturated carbocycles. The molecule has 1 fully saturated rings. The maximum Gasteiger partial charge on any atom is 0.267 e. The maximum atomic E-state index is 12.4. The lowest BCUT2D eigenvalue weighted by Crippen LogP contribution is -2.46. The zero-order valence-corrected chi connectivity index (χ0v) is 15.2. The van der Waals surface area contributed by atoms with E-state index in [1.807, 2.05) is 29.2 Å². The van der Waals surface area contributed by atoms with Crippen LogP contribution in [0, 0.1) is 0 Å². The highest BCUT2D eigenvalue weighted by molar-refractivity contribution is 5.98. The van der Waals surface area contributed by atoms with E-state index >= 15 is 0 Å². The van der Waals surface area contributed by atoms with Crippen LogP contribution in [0.15, 0.2) is 24.3 Å². The molecular formula is C19H25N3O4. The van der Waals surface area contributed by atoms with Gasteiger partial charge in [-0.3, -0.25) is 9.59 Å². The van der Waals surface area contributed by atoms with Gasteiger partial charge in [-0.1, -0.05) is 0 Å². The van der Waals surface area contributed by atoms with Crippen LogP contribution in [0.2, 0.25) is 0 Å². The molecule has 1 aromatic carbocycles. The van der Waals surface area contributed by atoms with E-state index in [1.165, 1.54) is 0 Å². The second-order valence-electron chi connectivity index (χ2n) is 6.45. The highest BCUT2D eigenvalue weighted by Crippen LogP contribution is 2.21. The molecule has 7 heteroatoms. The van der Waals surface area contributed by atoms with Gasteiger partial charge in [-0.25, -0.2) is 0 Å². The number of amides is 2. The highest BCUT2D eigenvalue weighted by atomic mass is 16.5. The van der Waals surface area contributed by atoms with Crippen molar-refractivity contribution in [3.63, 3.8) is 0 Å². The maximum absolute atomic E-state index is 12.4. The number of methoxy groups -OCH3 is 1. The monoisotopic (exact) mass is 359 g/mol. The predicted molar refractivity (Wildman–Crippen MR) is 98.4 cm³/mol. The summed E-state index contributed by atoms with van der Waals surface area (Å²) in [5.74, 6) is 0.583. The van der Waals surface area contributed by atoms with Gasteiger partial charge in [0, 0.05) is 56.2 Å². The summed E-state index contributed by atoms with van der Waals surface area (Å²) in [7, 11) is 1.61. The van der Waals surface area contributed by atoms with Crippen LogP contribution < -0.4 is 10.1 Å². The molecule has 0 atom stereocenters. The van der Waals surface area contributed by atoms with Crippen molar-refractivity contribution < 1.29 is 19.1 Å². The Morgan fingerprint density at radius 3 is 2.77 bits per heavy atom. The summed E-state index contributed by atoms with van der Waals surface area (Å²) < 4.78 is 10.6. The van der Waals surface area contributed by atoms with E-state index in [0.29, 0.717) is 32.0 Å². The van der Waals surface area contributed by atoms with E-state index in [4.69, 9.17) is 9.47 Å². The Labute approximate surface area is 152 Å². The van der Waals surface area contributed by atoms with Crippen LogP contribution in [-0.4, -0.2) is 61.2 Å². The molecule has 3 rings (SSSR count). The molecule has 2 amide bonds. The first-order valence-corrected chi connectivity index (χ1v) is 8.88. The second kappa shape index (κ2) is 8.23. The molecule has 140 valence electrons. The number of benzene rings is 1. The van der Waals surface area contributed by atoms with Gasteiger partial charge in [-0.2, -0.15) is 0 Å². The van der Waals surface area contributed by atoms with Crippen LogP contribution in [-0.2, 0) is 9.53 Å². The molecule has 7 nitrogen and oxygen atoms in total. The molecule has 2 N–H and O–H groups in total. The van der Waals surface area contributed by atoms with E-state index in [1.54, 1.807) is 14.0 Å². The Morgan fingerprint density at radius 1 is 1.31 bits per heavy atom. The number of nitrogens with zero attached hydrogens (tertiary/aromatic N) is 1. The van der Waals surface area contributed by atoms with Gasteiger partial charge >= 0.3 is 0 Å². The fourth-order valence-corrected chi connectivity index (χ4v) is 3.33. The van der Waals surface area contributed by atoms with Gasteiger partial charge in [0.2, 0.25) is 5.91 Å². The fourth-order valence-electron chi connectivity index (χ4n) is 3.33. The zero-order valence-electron chi connectivity index (χ0n) is 15.2. The molecule has 1 aliphatic rings. The first kappa shape index (κ1) is 18.3. The highest BCUT2D eigenvalue weighted by Gasteiger charge is 2.23. The van der Waals surface area contributed by atoms with Gasteiger partial charge in [-0.15, -0.1) is 0 Å². The van der Waals surface area contributed by atoms with E-state index < -0.39 is 0 Å². The SMILES string of the molecule is COc1ccc2cc(C(=O)NCCN(C(C)=O)C3CCOCC3)[nH]c2c1. The molecule has 1 saturated heterocycles. The van der Waals surface area contributed by atoms with E-state index in [9.17, 15) is 9.59 Å². The number of ether oxygens (including phenoxy) is 2. The topological polar surface area (TPSA) is 83.7 Å². The number of hydrogen-bond acceptors (Lipinski definition) is 4. The van der Waals surface area contributed by atoms with Crippen molar-refractivity contribution in [2.24, 2.45) is 0 Å². The normalized spacial score (nSPS) is 15.0. The lowest BCUT2D eigenvalue weighted by Gasteiger charge is -2.33. The molecule has 1 aliphatic heterocycles. The lowest BCUT2D eigenvalue weighted by atomic mass is 10.1. The number of carbonyl (C=O) groups excluding carboxylic acids is 2. The number of H-pyrrole nitrogens is 1. The standard InChI is InChI=1S/C19H25N3O4/c1-13(23)22(15-5-9-26-10-6-15)8-7-20-19(24)18-11-14-3-4-16(25-2)12-17(14)21-18/h3-4,11-12,15,21H,5-10H2,1-2H3,(H,20,24). The Balaban J connectivity index is 1.58. The lowest BCUT2D eigenvalue weighted by molar-refractivity contribution is -0.132. The van der Waals surface area contributed by atoms with E-state index in [-0.39, 0.29) is 17.9 Å². The second-order valence-corrected chi connectivity index (χ2v) is 6.45. The summed E-state index contributed by atoms with van der Waals surface area (Å²) in [4.78, 5) is 29.3. The number of aromatic amines is 1. The van der Waals surface area contributed by atoms with Crippen LogP contribution in [0.3, 0.4) is 0 Å². The van der Waals surface area contributed by atoms with Crippen molar-refractivity contribution in [2.75, 3.05) is 33.4 Å². The molecule has 2 aromatic rings. The van der Waals surface area contributed by atoms with Crippen molar-refractivity contribution >= 4 is 22.7 Å². The molecule has 0 unspecified atom stereocenters. The zero-order chi connectivity index (χ0) is 18.5. The summed E-state index contributed by atoms with van der Waals surface area (Å²) in [5, 5.41) is 3.83. The average molecular weight is 359 g/mol. The van der Waals surface area contributed by atoms with Crippen molar-refractivity contribution in [2.45, 2.75) is 25.8 Å². The smallest absolute Gasteiger partial charge is 0.267 e. The number of fused-ring (bicyclic) bond motifs is 1. The summed E-state index contributed by atoms with van der Waals surface area (Å²) in [5.41, 5.74) is 1.34. The molecule has 0 radical (unpaired) electrons. The van der Waals surface area contributed by atoms with Crippen molar-refractivity contribution in [3.05, 3.63) is 30.0 Å². The first-order valence-electron chi connectivity index (χ1n) is 8.88. The van der Waals surface area contributed by atoms with Crippen molar-refractivity contribution in [1.82, 2.24) is 15.2 Å². The molecule has 26 heavy (non-hydrogen) atoms. The minimum atomic E-state index is -0.185. The number of hydrogen-bond donors (Lipinski definition) is 2. The Morgan fingerprint density at radius 2 is 2.08 bits per heavy atom. The summed E-state index contributed by atoms with van der Waals surface area (Å²) in [6.45, 7) is 3.84. The van der Waals surface area contributed by atoms with Gasteiger partial charge in [-0.05, 0) is 31.0 Å². The number of rotatable bonds is 6. The van der Waals surface area contributed by atoms with Crippen LogP contribution in [0.5, 0.6) is 5.75 Å². The fraction of sp³-hybridized carbons (Fsp3) is 0.474. The summed E-state index contributed by atoms with van der Waals surface area (Å²) in [6.07, 6.45) is 1.69. The van der Waals surface area contributed by atoms with Gasteiger partial charge in [0.1, 0.15) is 11.4 Å². The van der Waals surface area contributed by atoms with Crippen LogP contribution in [0.4, 0.5) is 0 Å². The number of nitrogens with one attached hydrogen (secondary N) is 2. The van der Waals surface area contributed by atoms with E-state index in [2.05, 4.69) is 10.3 Å². The summed E-state index contributed by atoms with van der Waals surface area (Å²) in [6, 6.07) is 7.62. The van der Waals surface area contributed by atoms with Crippen LogP contribution in [0.25, 0.3) is 10.9 Å². The van der Waals surface area contributed by atoms with Gasteiger partial charge in [0.05, 0.1) is 7.11 Å². The Kier molecular flexibility index (Phi) is 5.78.